The van der Waals surface area contributed by atoms with E-state index in [1.165, 1.54) is 0 Å². The van der Waals surface area contributed by atoms with E-state index in [0.717, 1.165) is 57.7 Å². The number of nitrogens with zero attached hydrogens (tertiary/aromatic N) is 2. The second-order valence-electron chi connectivity index (χ2n) is 6.76. The lowest BCUT2D eigenvalue weighted by Crippen LogP contribution is -2.46. The summed E-state index contributed by atoms with van der Waals surface area (Å²) in [6, 6.07) is 0. The van der Waals surface area contributed by atoms with Crippen LogP contribution in [-0.2, 0) is 4.79 Å². The summed E-state index contributed by atoms with van der Waals surface area (Å²) in [7, 11) is 1.70. The molecule has 2 fully saturated rings. The highest BCUT2D eigenvalue weighted by Crippen LogP contribution is 2.26. The zero-order valence-corrected chi connectivity index (χ0v) is 14.6. The Labute approximate surface area is 139 Å². The number of nitrogens with one attached hydrogen (secondary N) is 2. The van der Waals surface area contributed by atoms with Crippen molar-refractivity contribution in [1.29, 1.82) is 0 Å². The number of aliphatic imine (C=N–C) groups is 1. The zero-order chi connectivity index (χ0) is 16.7. The molecular formula is C17H32N4O2. The van der Waals surface area contributed by atoms with Crippen LogP contribution in [0, 0.1) is 11.8 Å². The molecule has 1 amide bonds. The fraction of sp³-hybridized carbons (Fsp3) is 0.882. The van der Waals surface area contributed by atoms with Crippen molar-refractivity contribution in [3.8, 4) is 0 Å². The fourth-order valence-electron chi connectivity index (χ4n) is 3.57. The van der Waals surface area contributed by atoms with Crippen LogP contribution in [0.5, 0.6) is 0 Å². The maximum Gasteiger partial charge on any atom is 0.220 e. The van der Waals surface area contributed by atoms with Gasteiger partial charge in [0.25, 0.3) is 0 Å². The molecule has 0 radical (unpaired) electrons. The van der Waals surface area contributed by atoms with E-state index in [-0.39, 0.29) is 12.0 Å². The molecule has 6 nitrogen and oxygen atoms in total. The zero-order valence-electron chi connectivity index (χ0n) is 14.6. The van der Waals surface area contributed by atoms with Crippen molar-refractivity contribution in [2.75, 3.05) is 33.2 Å². The summed E-state index contributed by atoms with van der Waals surface area (Å²) in [6.07, 6.45) is 5.63. The molecule has 0 aromatic carbocycles. The Hall–Kier alpha value is -1.30. The van der Waals surface area contributed by atoms with E-state index in [4.69, 9.17) is 4.99 Å². The van der Waals surface area contributed by atoms with E-state index < -0.39 is 0 Å². The highest BCUT2D eigenvalue weighted by atomic mass is 16.3. The molecule has 0 aromatic heterocycles. The third-order valence-corrected chi connectivity index (χ3v) is 5.10. The minimum Gasteiger partial charge on any atom is -0.393 e. The van der Waals surface area contributed by atoms with Gasteiger partial charge in [0.15, 0.2) is 5.96 Å². The Morgan fingerprint density at radius 3 is 2.57 bits per heavy atom. The number of amides is 1. The molecule has 0 bridgehead atoms. The van der Waals surface area contributed by atoms with Gasteiger partial charge in [-0.15, -0.1) is 0 Å². The topological polar surface area (TPSA) is 77.0 Å². The molecule has 2 aliphatic rings. The SMILES string of the molecule is CCNC(=NCC1CCCC1O)N1CCC(CC(=O)NC)CC1. The molecule has 1 heterocycles. The van der Waals surface area contributed by atoms with Gasteiger partial charge in [0.05, 0.1) is 6.10 Å². The van der Waals surface area contributed by atoms with Crippen LogP contribution in [-0.4, -0.2) is 61.2 Å². The maximum absolute atomic E-state index is 11.5. The third kappa shape index (κ3) is 5.37. The van der Waals surface area contributed by atoms with E-state index >= 15 is 0 Å². The van der Waals surface area contributed by atoms with Crippen LogP contribution in [0.3, 0.4) is 0 Å². The molecule has 1 aliphatic carbocycles. The number of piperidine rings is 1. The van der Waals surface area contributed by atoms with Crippen LogP contribution in [0.15, 0.2) is 4.99 Å². The summed E-state index contributed by atoms with van der Waals surface area (Å²) in [5, 5.41) is 16.0. The highest BCUT2D eigenvalue weighted by Gasteiger charge is 2.26. The highest BCUT2D eigenvalue weighted by molar-refractivity contribution is 5.80. The molecule has 2 rings (SSSR count). The van der Waals surface area contributed by atoms with Gasteiger partial charge in [0, 0.05) is 45.6 Å². The van der Waals surface area contributed by atoms with Crippen molar-refractivity contribution in [2.45, 2.75) is 51.6 Å². The van der Waals surface area contributed by atoms with Gasteiger partial charge >= 0.3 is 0 Å². The van der Waals surface area contributed by atoms with Gasteiger partial charge in [-0.1, -0.05) is 6.42 Å². The van der Waals surface area contributed by atoms with E-state index in [2.05, 4.69) is 22.5 Å². The smallest absolute Gasteiger partial charge is 0.220 e. The summed E-state index contributed by atoms with van der Waals surface area (Å²) in [5.74, 6) is 1.89. The maximum atomic E-state index is 11.5. The Morgan fingerprint density at radius 2 is 2.00 bits per heavy atom. The van der Waals surface area contributed by atoms with Gasteiger partial charge in [-0.2, -0.15) is 0 Å². The summed E-state index contributed by atoms with van der Waals surface area (Å²) >= 11 is 0. The minimum absolute atomic E-state index is 0.138. The first kappa shape index (κ1) is 18.0. The average Bonchev–Trinajstić information content (AvgIpc) is 2.97. The molecule has 1 saturated heterocycles. The van der Waals surface area contributed by atoms with E-state index in [1.807, 2.05) is 0 Å². The first-order valence-corrected chi connectivity index (χ1v) is 9.06. The molecule has 0 spiro atoms. The summed E-state index contributed by atoms with van der Waals surface area (Å²) in [6.45, 7) is 5.53. The predicted molar refractivity (Wildman–Crippen MR) is 92.3 cm³/mol. The van der Waals surface area contributed by atoms with Crippen molar-refractivity contribution in [1.82, 2.24) is 15.5 Å². The molecular weight excluding hydrogens is 292 g/mol. The van der Waals surface area contributed by atoms with Crippen LogP contribution in [0.4, 0.5) is 0 Å². The first-order chi connectivity index (χ1) is 11.1. The standard InChI is InChI=1S/C17H32N4O2/c1-3-19-17(20-12-14-5-4-6-15(14)22)21-9-7-13(8-10-21)11-16(23)18-2/h13-15,22H,3-12H2,1-2H3,(H,18,23)(H,19,20). The number of aliphatic hydroxyl groups excluding tert-OH is 1. The Balaban J connectivity index is 1.85. The lowest BCUT2D eigenvalue weighted by Gasteiger charge is -2.34. The second kappa shape index (κ2) is 9.11. The van der Waals surface area contributed by atoms with E-state index in [9.17, 15) is 9.90 Å². The van der Waals surface area contributed by atoms with Crippen LogP contribution < -0.4 is 10.6 Å². The monoisotopic (exact) mass is 324 g/mol. The van der Waals surface area contributed by atoms with Crippen molar-refractivity contribution in [2.24, 2.45) is 16.8 Å². The largest absolute Gasteiger partial charge is 0.393 e. The quantitative estimate of drug-likeness (QED) is 0.520. The molecule has 1 saturated carbocycles. The fourth-order valence-corrected chi connectivity index (χ4v) is 3.57. The van der Waals surface area contributed by atoms with Crippen molar-refractivity contribution < 1.29 is 9.90 Å². The van der Waals surface area contributed by atoms with E-state index in [1.54, 1.807) is 7.05 Å². The molecule has 2 unspecified atom stereocenters. The number of likely N-dealkylation sites (tertiary alicyclic amines) is 1. The molecule has 1 aliphatic heterocycles. The van der Waals surface area contributed by atoms with Crippen LogP contribution in [0.2, 0.25) is 0 Å². The van der Waals surface area contributed by atoms with Crippen molar-refractivity contribution >= 4 is 11.9 Å². The number of hydrogen-bond donors (Lipinski definition) is 3. The van der Waals surface area contributed by atoms with Crippen molar-refractivity contribution in [3.63, 3.8) is 0 Å². The van der Waals surface area contributed by atoms with Gasteiger partial charge in [0.2, 0.25) is 5.91 Å². The number of carbonyl (C=O) groups is 1. The molecule has 132 valence electrons. The number of carbonyl (C=O) groups excluding carboxylic acids is 1. The van der Waals surface area contributed by atoms with Gasteiger partial charge in [0.1, 0.15) is 0 Å². The predicted octanol–water partition coefficient (Wildman–Crippen LogP) is 0.961. The number of aliphatic hydroxyl groups is 1. The summed E-state index contributed by atoms with van der Waals surface area (Å²) < 4.78 is 0. The molecule has 6 heteroatoms. The van der Waals surface area contributed by atoms with Gasteiger partial charge in [-0.05, 0) is 38.5 Å². The van der Waals surface area contributed by atoms with Crippen LogP contribution >= 0.6 is 0 Å². The number of rotatable bonds is 5. The minimum atomic E-state index is -0.181. The first-order valence-electron chi connectivity index (χ1n) is 9.06. The number of guanidine groups is 1. The summed E-state index contributed by atoms with van der Waals surface area (Å²) in [5.41, 5.74) is 0. The van der Waals surface area contributed by atoms with Crippen LogP contribution in [0.25, 0.3) is 0 Å². The average molecular weight is 324 g/mol. The molecule has 2 atom stereocenters. The lowest BCUT2D eigenvalue weighted by atomic mass is 9.93. The second-order valence-corrected chi connectivity index (χ2v) is 6.76. The third-order valence-electron chi connectivity index (χ3n) is 5.10. The normalized spacial score (nSPS) is 26.4. The van der Waals surface area contributed by atoms with Crippen molar-refractivity contribution in [3.05, 3.63) is 0 Å². The van der Waals surface area contributed by atoms with Gasteiger partial charge in [-0.25, -0.2) is 0 Å². The van der Waals surface area contributed by atoms with Gasteiger partial charge in [-0.3, -0.25) is 9.79 Å². The molecule has 0 aromatic rings. The van der Waals surface area contributed by atoms with Crippen LogP contribution in [0.1, 0.15) is 45.4 Å². The Morgan fingerprint density at radius 1 is 1.26 bits per heavy atom. The lowest BCUT2D eigenvalue weighted by molar-refractivity contribution is -0.121. The molecule has 23 heavy (non-hydrogen) atoms. The van der Waals surface area contributed by atoms with Gasteiger partial charge < -0.3 is 20.6 Å². The Kier molecular flexibility index (Phi) is 7.15. The summed E-state index contributed by atoms with van der Waals surface area (Å²) in [4.78, 5) is 18.6. The number of hydrogen-bond acceptors (Lipinski definition) is 3. The van der Waals surface area contributed by atoms with E-state index in [0.29, 0.717) is 24.8 Å². The molecule has 3 N–H and O–H groups in total. The Bertz CT molecular complexity index is 405.